The summed E-state index contributed by atoms with van der Waals surface area (Å²) in [4.78, 5) is 11.6. The van der Waals surface area contributed by atoms with Crippen molar-refractivity contribution < 1.29 is 19.4 Å². The number of hydrogen-bond acceptors (Lipinski definition) is 4. The summed E-state index contributed by atoms with van der Waals surface area (Å²) in [6.07, 6.45) is 4.01. The van der Waals surface area contributed by atoms with E-state index in [1.165, 1.54) is 0 Å². The van der Waals surface area contributed by atoms with Gasteiger partial charge in [0.1, 0.15) is 6.61 Å². The Labute approximate surface area is 109 Å². The van der Waals surface area contributed by atoms with E-state index in [4.69, 9.17) is 14.6 Å². The summed E-state index contributed by atoms with van der Waals surface area (Å²) in [7, 11) is 1.61. The Morgan fingerprint density at radius 2 is 2.06 bits per heavy atom. The van der Waals surface area contributed by atoms with E-state index in [2.05, 4.69) is 5.32 Å². The molecular weight excluding hydrogens is 234 g/mol. The molecule has 0 aliphatic heterocycles. The topological polar surface area (TPSA) is 67.8 Å². The molecule has 0 saturated heterocycles. The highest BCUT2D eigenvalue weighted by molar-refractivity contribution is 5.77. The fourth-order valence-corrected chi connectivity index (χ4v) is 2.28. The van der Waals surface area contributed by atoms with Gasteiger partial charge in [0.2, 0.25) is 5.91 Å². The van der Waals surface area contributed by atoms with E-state index in [1.54, 1.807) is 7.11 Å². The van der Waals surface area contributed by atoms with E-state index in [-0.39, 0.29) is 31.3 Å². The minimum absolute atomic E-state index is 0.0104. The second-order valence-electron chi connectivity index (χ2n) is 5.06. The second kappa shape index (κ2) is 8.45. The third kappa shape index (κ3) is 5.80. The van der Waals surface area contributed by atoms with Crippen LogP contribution in [-0.4, -0.2) is 50.1 Å². The van der Waals surface area contributed by atoms with Crippen LogP contribution in [0.4, 0.5) is 0 Å². The Morgan fingerprint density at radius 3 is 2.61 bits per heavy atom. The maximum atomic E-state index is 11.6. The molecular formula is C13H25NO4. The van der Waals surface area contributed by atoms with Gasteiger partial charge < -0.3 is 19.9 Å². The highest BCUT2D eigenvalue weighted by atomic mass is 16.5. The first-order chi connectivity index (χ1) is 8.65. The van der Waals surface area contributed by atoms with Crippen LogP contribution in [0.3, 0.4) is 0 Å². The van der Waals surface area contributed by atoms with Crippen LogP contribution in [0.1, 0.15) is 32.6 Å². The van der Waals surface area contributed by atoms with Crippen molar-refractivity contribution >= 4 is 5.91 Å². The Morgan fingerprint density at radius 1 is 1.39 bits per heavy atom. The van der Waals surface area contributed by atoms with Crippen LogP contribution < -0.4 is 5.32 Å². The standard InChI is InChI=1S/C13H25NO4/c1-10(8-17-2)14-13(16)9-18-12-5-3-11(7-15)4-6-12/h10-12,15H,3-9H2,1-2H3,(H,14,16). The molecule has 1 saturated carbocycles. The molecule has 1 aliphatic carbocycles. The van der Waals surface area contributed by atoms with Gasteiger partial charge in [-0.1, -0.05) is 0 Å². The summed E-state index contributed by atoms with van der Waals surface area (Å²) in [6, 6.07) is 0.0104. The van der Waals surface area contributed by atoms with Crippen molar-refractivity contribution in [3.8, 4) is 0 Å². The van der Waals surface area contributed by atoms with Crippen molar-refractivity contribution in [3.63, 3.8) is 0 Å². The average Bonchev–Trinajstić information content (AvgIpc) is 2.37. The zero-order valence-electron chi connectivity index (χ0n) is 11.4. The predicted octanol–water partition coefficient (Wildman–Crippen LogP) is 0.705. The van der Waals surface area contributed by atoms with Crippen molar-refractivity contribution in [2.45, 2.75) is 44.8 Å². The predicted molar refractivity (Wildman–Crippen MR) is 68.3 cm³/mol. The molecule has 1 rings (SSSR count). The number of hydrogen-bond donors (Lipinski definition) is 2. The summed E-state index contributed by atoms with van der Waals surface area (Å²) in [5.74, 6) is 0.323. The van der Waals surface area contributed by atoms with Gasteiger partial charge in [-0.25, -0.2) is 0 Å². The summed E-state index contributed by atoms with van der Waals surface area (Å²) in [5.41, 5.74) is 0. The molecule has 0 aromatic heterocycles. The molecule has 0 aromatic rings. The smallest absolute Gasteiger partial charge is 0.246 e. The van der Waals surface area contributed by atoms with Gasteiger partial charge in [-0.3, -0.25) is 4.79 Å². The Balaban J connectivity index is 2.11. The highest BCUT2D eigenvalue weighted by Gasteiger charge is 2.21. The Kier molecular flexibility index (Phi) is 7.23. The van der Waals surface area contributed by atoms with Gasteiger partial charge in [0, 0.05) is 19.8 Å². The normalized spacial score (nSPS) is 25.7. The van der Waals surface area contributed by atoms with Gasteiger partial charge in [-0.2, -0.15) is 0 Å². The van der Waals surface area contributed by atoms with E-state index in [0.29, 0.717) is 12.5 Å². The van der Waals surface area contributed by atoms with Gasteiger partial charge in [0.15, 0.2) is 0 Å². The van der Waals surface area contributed by atoms with E-state index < -0.39 is 0 Å². The van der Waals surface area contributed by atoms with Crippen molar-refractivity contribution in [2.24, 2.45) is 5.92 Å². The van der Waals surface area contributed by atoms with Crippen LogP contribution in [0.15, 0.2) is 0 Å². The number of nitrogens with one attached hydrogen (secondary N) is 1. The van der Waals surface area contributed by atoms with Crippen molar-refractivity contribution in [2.75, 3.05) is 26.9 Å². The zero-order chi connectivity index (χ0) is 13.4. The molecule has 0 spiro atoms. The largest absolute Gasteiger partial charge is 0.396 e. The van der Waals surface area contributed by atoms with E-state index in [0.717, 1.165) is 25.7 Å². The van der Waals surface area contributed by atoms with Crippen molar-refractivity contribution in [3.05, 3.63) is 0 Å². The van der Waals surface area contributed by atoms with Gasteiger partial charge >= 0.3 is 0 Å². The number of ether oxygens (including phenoxy) is 2. The molecule has 0 heterocycles. The molecule has 106 valence electrons. The minimum Gasteiger partial charge on any atom is -0.396 e. The molecule has 1 atom stereocenters. The first-order valence-corrected chi connectivity index (χ1v) is 6.66. The van der Waals surface area contributed by atoms with Gasteiger partial charge in [-0.15, -0.1) is 0 Å². The van der Waals surface area contributed by atoms with Gasteiger partial charge in [0.05, 0.1) is 12.7 Å². The Hall–Kier alpha value is -0.650. The lowest BCUT2D eigenvalue weighted by Crippen LogP contribution is -2.39. The van der Waals surface area contributed by atoms with E-state index >= 15 is 0 Å². The molecule has 2 N–H and O–H groups in total. The lowest BCUT2D eigenvalue weighted by atomic mass is 9.88. The fraction of sp³-hybridized carbons (Fsp3) is 0.923. The van der Waals surface area contributed by atoms with Gasteiger partial charge in [0.25, 0.3) is 0 Å². The molecule has 18 heavy (non-hydrogen) atoms. The maximum Gasteiger partial charge on any atom is 0.246 e. The third-order valence-corrected chi connectivity index (χ3v) is 3.33. The number of aliphatic hydroxyl groups is 1. The van der Waals surface area contributed by atoms with Crippen LogP contribution in [0.2, 0.25) is 0 Å². The first-order valence-electron chi connectivity index (χ1n) is 6.66. The summed E-state index contributed by atoms with van der Waals surface area (Å²) >= 11 is 0. The van der Waals surface area contributed by atoms with E-state index in [9.17, 15) is 4.79 Å². The van der Waals surface area contributed by atoms with Crippen LogP contribution in [0.25, 0.3) is 0 Å². The molecule has 0 aromatic carbocycles. The number of rotatable bonds is 7. The summed E-state index contributed by atoms with van der Waals surface area (Å²) < 4.78 is 10.5. The monoisotopic (exact) mass is 259 g/mol. The maximum absolute atomic E-state index is 11.6. The van der Waals surface area contributed by atoms with Crippen LogP contribution in [-0.2, 0) is 14.3 Å². The third-order valence-electron chi connectivity index (χ3n) is 3.33. The van der Waals surface area contributed by atoms with Gasteiger partial charge in [-0.05, 0) is 38.5 Å². The van der Waals surface area contributed by atoms with E-state index in [1.807, 2.05) is 6.92 Å². The molecule has 5 nitrogen and oxygen atoms in total. The van der Waals surface area contributed by atoms with Crippen LogP contribution in [0.5, 0.6) is 0 Å². The zero-order valence-corrected chi connectivity index (χ0v) is 11.4. The second-order valence-corrected chi connectivity index (χ2v) is 5.06. The molecule has 1 amide bonds. The molecule has 5 heteroatoms. The Bertz CT molecular complexity index is 239. The average molecular weight is 259 g/mol. The molecule has 0 radical (unpaired) electrons. The number of methoxy groups -OCH3 is 1. The minimum atomic E-state index is -0.0937. The lowest BCUT2D eigenvalue weighted by molar-refractivity contribution is -0.129. The van der Waals surface area contributed by atoms with Crippen molar-refractivity contribution in [1.82, 2.24) is 5.32 Å². The first kappa shape index (κ1) is 15.4. The molecule has 1 fully saturated rings. The fourth-order valence-electron chi connectivity index (χ4n) is 2.28. The number of carbonyl (C=O) groups excluding carboxylic acids is 1. The summed E-state index contributed by atoms with van der Waals surface area (Å²) in [5, 5.41) is 11.8. The van der Waals surface area contributed by atoms with Crippen molar-refractivity contribution in [1.29, 1.82) is 0 Å². The SMILES string of the molecule is COCC(C)NC(=O)COC1CCC(CO)CC1. The van der Waals surface area contributed by atoms with Crippen LogP contribution in [0, 0.1) is 5.92 Å². The van der Waals surface area contributed by atoms with Crippen LogP contribution >= 0.6 is 0 Å². The molecule has 1 unspecified atom stereocenters. The number of carbonyl (C=O) groups is 1. The number of amides is 1. The summed E-state index contributed by atoms with van der Waals surface area (Å²) in [6.45, 7) is 2.78. The molecule has 0 bridgehead atoms. The highest BCUT2D eigenvalue weighted by Crippen LogP contribution is 2.25. The number of aliphatic hydroxyl groups excluding tert-OH is 1. The molecule has 1 aliphatic rings. The lowest BCUT2D eigenvalue weighted by Gasteiger charge is -2.27. The quantitative estimate of drug-likeness (QED) is 0.706.